The number of esters is 2. The Kier molecular flexibility index (Phi) is 6.94. The zero-order chi connectivity index (χ0) is 19.8. The van der Waals surface area contributed by atoms with E-state index in [1.165, 1.54) is 0 Å². The van der Waals surface area contributed by atoms with Gasteiger partial charge in [-0.2, -0.15) is 0 Å². The summed E-state index contributed by atoms with van der Waals surface area (Å²) in [5.74, 6) is -0.951. The lowest BCUT2D eigenvalue weighted by Gasteiger charge is -2.31. The molecule has 3 rings (SSSR count). The van der Waals surface area contributed by atoms with Crippen molar-refractivity contribution < 1.29 is 28.5 Å². The van der Waals surface area contributed by atoms with Gasteiger partial charge in [-0.25, -0.2) is 9.59 Å². The SMILES string of the molecule is CCOC1C=CC(OC(=O)c2ccccc2)C(COC(=O)c2ccccc2)O1. The number of benzene rings is 2. The predicted octanol–water partition coefficient (Wildman–Crippen LogP) is 3.39. The molecule has 0 fully saturated rings. The molecular formula is C22H22O6. The zero-order valence-corrected chi connectivity index (χ0v) is 15.5. The molecule has 1 heterocycles. The second-order valence-electron chi connectivity index (χ2n) is 6.08. The van der Waals surface area contributed by atoms with Crippen molar-refractivity contribution in [3.05, 3.63) is 83.9 Å². The van der Waals surface area contributed by atoms with Crippen LogP contribution in [-0.2, 0) is 18.9 Å². The molecule has 3 unspecified atom stereocenters. The van der Waals surface area contributed by atoms with Gasteiger partial charge in [0.05, 0.1) is 11.1 Å². The largest absolute Gasteiger partial charge is 0.459 e. The summed E-state index contributed by atoms with van der Waals surface area (Å²) in [7, 11) is 0. The summed E-state index contributed by atoms with van der Waals surface area (Å²) < 4.78 is 22.2. The van der Waals surface area contributed by atoms with Crippen LogP contribution in [0, 0.1) is 0 Å². The Balaban J connectivity index is 1.66. The Morgan fingerprint density at radius 1 is 0.893 bits per heavy atom. The molecule has 2 aromatic carbocycles. The standard InChI is InChI=1S/C22H22O6/c1-2-25-20-14-13-18(28-22(24)17-11-7-4-8-12-17)19(27-20)15-26-21(23)16-9-5-3-6-10-16/h3-14,18-20H,2,15H2,1H3. The average Bonchev–Trinajstić information content (AvgIpc) is 2.75. The van der Waals surface area contributed by atoms with E-state index in [1.807, 2.05) is 19.1 Å². The van der Waals surface area contributed by atoms with Crippen LogP contribution in [0.4, 0.5) is 0 Å². The summed E-state index contributed by atoms with van der Waals surface area (Å²) in [5, 5.41) is 0. The number of carbonyl (C=O) groups excluding carboxylic acids is 2. The fourth-order valence-electron chi connectivity index (χ4n) is 2.71. The second kappa shape index (κ2) is 9.82. The number of hydrogen-bond donors (Lipinski definition) is 0. The highest BCUT2D eigenvalue weighted by atomic mass is 16.7. The van der Waals surface area contributed by atoms with Gasteiger partial charge < -0.3 is 18.9 Å². The van der Waals surface area contributed by atoms with Gasteiger partial charge in [0.15, 0.2) is 12.4 Å². The topological polar surface area (TPSA) is 71.1 Å². The molecule has 0 amide bonds. The van der Waals surface area contributed by atoms with E-state index in [9.17, 15) is 9.59 Å². The molecule has 6 nitrogen and oxygen atoms in total. The summed E-state index contributed by atoms with van der Waals surface area (Å²) in [6, 6.07) is 17.3. The van der Waals surface area contributed by atoms with Crippen LogP contribution < -0.4 is 0 Å². The normalized spacial score (nSPS) is 21.1. The first-order chi connectivity index (χ1) is 13.7. The zero-order valence-electron chi connectivity index (χ0n) is 15.5. The Morgan fingerprint density at radius 2 is 1.50 bits per heavy atom. The molecule has 2 aromatic rings. The fourth-order valence-corrected chi connectivity index (χ4v) is 2.71. The smallest absolute Gasteiger partial charge is 0.338 e. The van der Waals surface area contributed by atoms with Crippen molar-refractivity contribution in [3.8, 4) is 0 Å². The van der Waals surface area contributed by atoms with E-state index >= 15 is 0 Å². The Labute approximate surface area is 163 Å². The van der Waals surface area contributed by atoms with Crippen LogP contribution in [-0.4, -0.2) is 43.7 Å². The van der Waals surface area contributed by atoms with E-state index < -0.39 is 30.4 Å². The van der Waals surface area contributed by atoms with Gasteiger partial charge in [-0.1, -0.05) is 36.4 Å². The van der Waals surface area contributed by atoms with Crippen molar-refractivity contribution >= 4 is 11.9 Å². The third kappa shape index (κ3) is 5.28. The van der Waals surface area contributed by atoms with E-state index in [1.54, 1.807) is 60.7 Å². The first-order valence-corrected chi connectivity index (χ1v) is 9.11. The Hall–Kier alpha value is -2.96. The minimum atomic E-state index is -0.701. The van der Waals surface area contributed by atoms with Gasteiger partial charge in [0.2, 0.25) is 0 Å². The molecule has 0 saturated heterocycles. The van der Waals surface area contributed by atoms with Gasteiger partial charge in [0, 0.05) is 6.61 Å². The van der Waals surface area contributed by atoms with Crippen LogP contribution in [0.1, 0.15) is 27.6 Å². The highest BCUT2D eigenvalue weighted by Crippen LogP contribution is 2.19. The highest BCUT2D eigenvalue weighted by Gasteiger charge is 2.32. The van der Waals surface area contributed by atoms with Crippen LogP contribution in [0.25, 0.3) is 0 Å². The third-order valence-electron chi connectivity index (χ3n) is 4.11. The maximum atomic E-state index is 12.4. The predicted molar refractivity (Wildman–Crippen MR) is 102 cm³/mol. The van der Waals surface area contributed by atoms with Crippen LogP contribution in [0.15, 0.2) is 72.8 Å². The molecule has 0 spiro atoms. The van der Waals surface area contributed by atoms with Gasteiger partial charge in [-0.05, 0) is 43.3 Å². The molecule has 0 N–H and O–H groups in total. The maximum absolute atomic E-state index is 12.4. The number of carbonyl (C=O) groups is 2. The molecule has 6 heteroatoms. The van der Waals surface area contributed by atoms with Gasteiger partial charge in [-0.3, -0.25) is 0 Å². The summed E-state index contributed by atoms with van der Waals surface area (Å²) in [4.78, 5) is 24.6. The molecule has 0 aromatic heterocycles. The summed E-state index contributed by atoms with van der Waals surface area (Å²) in [5.41, 5.74) is 0.871. The quantitative estimate of drug-likeness (QED) is 0.540. The minimum absolute atomic E-state index is 0.0750. The van der Waals surface area contributed by atoms with Crippen molar-refractivity contribution in [1.82, 2.24) is 0 Å². The van der Waals surface area contributed by atoms with Crippen molar-refractivity contribution in [2.45, 2.75) is 25.4 Å². The lowest BCUT2D eigenvalue weighted by Crippen LogP contribution is -2.42. The van der Waals surface area contributed by atoms with Crippen molar-refractivity contribution in [3.63, 3.8) is 0 Å². The first kappa shape index (κ1) is 19.8. The molecule has 0 aliphatic carbocycles. The molecule has 3 atom stereocenters. The van der Waals surface area contributed by atoms with Crippen molar-refractivity contribution in [2.75, 3.05) is 13.2 Å². The average molecular weight is 382 g/mol. The molecule has 0 bridgehead atoms. The van der Waals surface area contributed by atoms with Crippen LogP contribution in [0.3, 0.4) is 0 Å². The minimum Gasteiger partial charge on any atom is -0.459 e. The molecule has 1 aliphatic rings. The summed E-state index contributed by atoms with van der Waals surface area (Å²) in [6.45, 7) is 2.23. The van der Waals surface area contributed by atoms with E-state index in [4.69, 9.17) is 18.9 Å². The number of rotatable bonds is 7. The van der Waals surface area contributed by atoms with Crippen LogP contribution >= 0.6 is 0 Å². The van der Waals surface area contributed by atoms with Gasteiger partial charge in [-0.15, -0.1) is 0 Å². The fraction of sp³-hybridized carbons (Fsp3) is 0.273. The summed E-state index contributed by atoms with van der Waals surface area (Å²) in [6.07, 6.45) is 1.42. The lowest BCUT2D eigenvalue weighted by molar-refractivity contribution is -0.178. The van der Waals surface area contributed by atoms with Crippen molar-refractivity contribution in [1.29, 1.82) is 0 Å². The van der Waals surface area contributed by atoms with Crippen molar-refractivity contribution in [2.24, 2.45) is 0 Å². The molecular weight excluding hydrogens is 360 g/mol. The first-order valence-electron chi connectivity index (χ1n) is 9.11. The van der Waals surface area contributed by atoms with Crippen LogP contribution in [0.2, 0.25) is 0 Å². The molecule has 146 valence electrons. The van der Waals surface area contributed by atoms with E-state index in [0.717, 1.165) is 0 Å². The molecule has 28 heavy (non-hydrogen) atoms. The van der Waals surface area contributed by atoms with Gasteiger partial charge >= 0.3 is 11.9 Å². The Morgan fingerprint density at radius 3 is 2.11 bits per heavy atom. The molecule has 0 saturated carbocycles. The van der Waals surface area contributed by atoms with E-state index in [-0.39, 0.29) is 6.61 Å². The molecule has 1 aliphatic heterocycles. The highest BCUT2D eigenvalue weighted by molar-refractivity contribution is 5.90. The Bertz CT molecular complexity index is 802. The maximum Gasteiger partial charge on any atom is 0.338 e. The second-order valence-corrected chi connectivity index (χ2v) is 6.08. The number of ether oxygens (including phenoxy) is 4. The third-order valence-corrected chi connectivity index (χ3v) is 4.11. The van der Waals surface area contributed by atoms with E-state index in [0.29, 0.717) is 17.7 Å². The lowest BCUT2D eigenvalue weighted by atomic mass is 10.1. The van der Waals surface area contributed by atoms with E-state index in [2.05, 4.69) is 0 Å². The van der Waals surface area contributed by atoms with Crippen LogP contribution in [0.5, 0.6) is 0 Å². The number of hydrogen-bond acceptors (Lipinski definition) is 6. The summed E-state index contributed by atoms with van der Waals surface area (Å²) >= 11 is 0. The van der Waals surface area contributed by atoms with Gasteiger partial charge in [0.25, 0.3) is 0 Å². The monoisotopic (exact) mass is 382 g/mol. The molecule has 0 radical (unpaired) electrons. The van der Waals surface area contributed by atoms with Gasteiger partial charge in [0.1, 0.15) is 12.7 Å².